The zero-order valence-corrected chi connectivity index (χ0v) is 11.0. The summed E-state index contributed by atoms with van der Waals surface area (Å²) in [6, 6.07) is 3.60. The Morgan fingerprint density at radius 1 is 1.56 bits per heavy atom. The normalized spacial score (nSPS) is 13.0. The van der Waals surface area contributed by atoms with Gasteiger partial charge in [0, 0.05) is 6.04 Å². The van der Waals surface area contributed by atoms with Crippen LogP contribution in [0.5, 0.6) is 11.5 Å². The Morgan fingerprint density at radius 2 is 2.25 bits per heavy atom. The summed E-state index contributed by atoms with van der Waals surface area (Å²) in [5.41, 5.74) is 6.56. The van der Waals surface area contributed by atoms with Crippen LogP contribution in [0.25, 0.3) is 6.08 Å². The number of nitrogens with two attached hydrogens (primary N) is 1. The van der Waals surface area contributed by atoms with Crippen molar-refractivity contribution in [2.75, 3.05) is 6.61 Å². The van der Waals surface area contributed by atoms with Crippen molar-refractivity contribution in [1.82, 2.24) is 0 Å². The monoisotopic (exact) mass is 285 g/mol. The molecule has 0 aliphatic carbocycles. The summed E-state index contributed by atoms with van der Waals surface area (Å²) >= 11 is 3.28. The first-order chi connectivity index (χ1) is 7.54. The van der Waals surface area contributed by atoms with Crippen LogP contribution in [0.2, 0.25) is 0 Å². The number of halogens is 1. The summed E-state index contributed by atoms with van der Waals surface area (Å²) < 4.78 is 5.93. The van der Waals surface area contributed by atoms with Crippen molar-refractivity contribution in [3.8, 4) is 11.5 Å². The van der Waals surface area contributed by atoms with E-state index >= 15 is 0 Å². The van der Waals surface area contributed by atoms with E-state index in [-0.39, 0.29) is 11.8 Å². The Kier molecular flexibility index (Phi) is 4.83. The van der Waals surface area contributed by atoms with Gasteiger partial charge in [-0.1, -0.05) is 12.2 Å². The third kappa shape index (κ3) is 3.54. The average Bonchev–Trinajstić information content (AvgIpc) is 2.22. The molecule has 1 atom stereocenters. The standard InChI is InChI=1S/C12H16BrNO2/c1-3-16-11-7-9(5-4-8(2)14)6-10(13)12(11)15/h4-8,15H,3,14H2,1-2H3/b5-4+. The average molecular weight is 286 g/mol. The van der Waals surface area contributed by atoms with Crippen molar-refractivity contribution in [2.24, 2.45) is 5.73 Å². The predicted octanol–water partition coefficient (Wildman–Crippen LogP) is 2.91. The molecule has 0 spiro atoms. The number of benzene rings is 1. The fourth-order valence-corrected chi connectivity index (χ4v) is 1.68. The molecule has 3 N–H and O–H groups in total. The molecule has 1 rings (SSSR count). The molecule has 88 valence electrons. The van der Waals surface area contributed by atoms with Gasteiger partial charge in [0.2, 0.25) is 0 Å². The number of rotatable bonds is 4. The van der Waals surface area contributed by atoms with Gasteiger partial charge in [0.15, 0.2) is 11.5 Å². The minimum absolute atomic E-state index is 0.00289. The molecule has 0 bridgehead atoms. The number of phenolic OH excluding ortho intramolecular Hbond substituents is 1. The molecule has 0 heterocycles. The van der Waals surface area contributed by atoms with E-state index in [1.807, 2.05) is 32.1 Å². The quantitative estimate of drug-likeness (QED) is 0.894. The largest absolute Gasteiger partial charge is 0.503 e. The van der Waals surface area contributed by atoms with Crippen LogP contribution in [0.15, 0.2) is 22.7 Å². The number of hydrogen-bond donors (Lipinski definition) is 2. The van der Waals surface area contributed by atoms with E-state index in [1.54, 1.807) is 6.07 Å². The number of hydrogen-bond acceptors (Lipinski definition) is 3. The Labute approximate surface area is 104 Å². The van der Waals surface area contributed by atoms with Crippen molar-refractivity contribution in [1.29, 1.82) is 0 Å². The van der Waals surface area contributed by atoms with Crippen LogP contribution in [0.1, 0.15) is 19.4 Å². The van der Waals surface area contributed by atoms with Crippen LogP contribution in [0.4, 0.5) is 0 Å². The van der Waals surface area contributed by atoms with Gasteiger partial charge in [0.05, 0.1) is 11.1 Å². The van der Waals surface area contributed by atoms with Gasteiger partial charge in [-0.3, -0.25) is 0 Å². The molecule has 0 aliphatic rings. The van der Waals surface area contributed by atoms with Gasteiger partial charge < -0.3 is 15.6 Å². The Balaban J connectivity index is 3.03. The molecule has 3 nitrogen and oxygen atoms in total. The maximum absolute atomic E-state index is 9.71. The summed E-state index contributed by atoms with van der Waals surface area (Å²) in [6.45, 7) is 4.29. The van der Waals surface area contributed by atoms with Crippen LogP contribution >= 0.6 is 15.9 Å². The highest BCUT2D eigenvalue weighted by Crippen LogP contribution is 2.35. The Morgan fingerprint density at radius 3 is 2.81 bits per heavy atom. The minimum atomic E-state index is 0.00289. The van der Waals surface area contributed by atoms with Gasteiger partial charge in [0.25, 0.3) is 0 Å². The number of ether oxygens (including phenoxy) is 1. The van der Waals surface area contributed by atoms with Crippen LogP contribution in [-0.4, -0.2) is 17.8 Å². The summed E-state index contributed by atoms with van der Waals surface area (Å²) in [7, 11) is 0. The van der Waals surface area contributed by atoms with Crippen LogP contribution in [0.3, 0.4) is 0 Å². The second-order valence-electron chi connectivity index (χ2n) is 3.50. The molecule has 0 amide bonds. The van der Waals surface area contributed by atoms with E-state index in [0.717, 1.165) is 5.56 Å². The van der Waals surface area contributed by atoms with Gasteiger partial charge in [-0.2, -0.15) is 0 Å². The second kappa shape index (κ2) is 5.92. The van der Waals surface area contributed by atoms with E-state index in [1.165, 1.54) is 0 Å². The fraction of sp³-hybridized carbons (Fsp3) is 0.333. The number of aromatic hydroxyl groups is 1. The van der Waals surface area contributed by atoms with Crippen molar-refractivity contribution in [3.63, 3.8) is 0 Å². The lowest BCUT2D eigenvalue weighted by Gasteiger charge is -2.08. The smallest absolute Gasteiger partial charge is 0.172 e. The topological polar surface area (TPSA) is 55.5 Å². The third-order valence-corrected chi connectivity index (χ3v) is 2.55. The first kappa shape index (κ1) is 13.1. The van der Waals surface area contributed by atoms with Gasteiger partial charge in [-0.05, 0) is 47.5 Å². The molecule has 0 saturated heterocycles. The van der Waals surface area contributed by atoms with Gasteiger partial charge in [0.1, 0.15) is 0 Å². The molecule has 1 unspecified atom stereocenters. The van der Waals surface area contributed by atoms with Crippen molar-refractivity contribution >= 4 is 22.0 Å². The van der Waals surface area contributed by atoms with Gasteiger partial charge in [-0.25, -0.2) is 0 Å². The van der Waals surface area contributed by atoms with Crippen molar-refractivity contribution < 1.29 is 9.84 Å². The predicted molar refractivity (Wildman–Crippen MR) is 69.7 cm³/mol. The zero-order valence-electron chi connectivity index (χ0n) is 9.40. The summed E-state index contributed by atoms with van der Waals surface area (Å²) in [4.78, 5) is 0. The number of phenols is 1. The Bertz CT molecular complexity index is 389. The lowest BCUT2D eigenvalue weighted by atomic mass is 10.1. The first-order valence-electron chi connectivity index (χ1n) is 5.13. The van der Waals surface area contributed by atoms with Crippen LogP contribution < -0.4 is 10.5 Å². The lowest BCUT2D eigenvalue weighted by Crippen LogP contribution is -2.09. The lowest BCUT2D eigenvalue weighted by molar-refractivity contribution is 0.317. The van der Waals surface area contributed by atoms with E-state index in [4.69, 9.17) is 10.5 Å². The summed E-state index contributed by atoms with van der Waals surface area (Å²) in [5.74, 6) is 0.598. The van der Waals surface area contributed by atoms with E-state index < -0.39 is 0 Å². The molecule has 0 saturated carbocycles. The van der Waals surface area contributed by atoms with Crippen molar-refractivity contribution in [3.05, 3.63) is 28.2 Å². The van der Waals surface area contributed by atoms with E-state index in [9.17, 15) is 5.11 Å². The maximum Gasteiger partial charge on any atom is 0.172 e. The fourth-order valence-electron chi connectivity index (χ4n) is 1.22. The molecule has 4 heteroatoms. The van der Waals surface area contributed by atoms with Gasteiger partial charge >= 0.3 is 0 Å². The zero-order chi connectivity index (χ0) is 12.1. The summed E-state index contributed by atoms with van der Waals surface area (Å²) in [5, 5.41) is 9.71. The summed E-state index contributed by atoms with van der Waals surface area (Å²) in [6.07, 6.45) is 3.78. The highest BCUT2D eigenvalue weighted by atomic mass is 79.9. The molecule has 0 aromatic heterocycles. The molecule has 0 fully saturated rings. The molecule has 0 radical (unpaired) electrons. The molecule has 0 aliphatic heterocycles. The SMILES string of the molecule is CCOc1cc(/C=C/C(C)N)cc(Br)c1O. The van der Waals surface area contributed by atoms with Gasteiger partial charge in [-0.15, -0.1) is 0 Å². The molecule has 1 aromatic rings. The highest BCUT2D eigenvalue weighted by molar-refractivity contribution is 9.10. The van der Waals surface area contributed by atoms with Crippen LogP contribution in [0, 0.1) is 0 Å². The maximum atomic E-state index is 9.71. The highest BCUT2D eigenvalue weighted by Gasteiger charge is 2.07. The van der Waals surface area contributed by atoms with Crippen molar-refractivity contribution in [2.45, 2.75) is 19.9 Å². The molecule has 1 aromatic carbocycles. The molecular formula is C12H16BrNO2. The van der Waals surface area contributed by atoms with E-state index in [2.05, 4.69) is 15.9 Å². The molecule has 16 heavy (non-hydrogen) atoms. The second-order valence-corrected chi connectivity index (χ2v) is 4.36. The van der Waals surface area contributed by atoms with Crippen LogP contribution in [-0.2, 0) is 0 Å². The van der Waals surface area contributed by atoms with E-state index in [0.29, 0.717) is 16.8 Å². The first-order valence-corrected chi connectivity index (χ1v) is 5.93. The Hall–Kier alpha value is -1.00. The minimum Gasteiger partial charge on any atom is -0.503 e. The molecular weight excluding hydrogens is 270 g/mol. The third-order valence-electron chi connectivity index (χ3n) is 1.94.